The summed E-state index contributed by atoms with van der Waals surface area (Å²) < 4.78 is 0. The Hall–Kier alpha value is -2.43. The van der Waals surface area contributed by atoms with Crippen LogP contribution >= 0.6 is 0 Å². The van der Waals surface area contributed by atoms with E-state index in [4.69, 9.17) is 0 Å². The highest BCUT2D eigenvalue weighted by molar-refractivity contribution is 5.92. The van der Waals surface area contributed by atoms with Crippen molar-refractivity contribution in [3.05, 3.63) is 48.3 Å². The molecule has 1 aromatic heterocycles. The van der Waals surface area contributed by atoms with Crippen LogP contribution in [0.2, 0.25) is 0 Å². The Kier molecular flexibility index (Phi) is 4.86. The number of amides is 1. The first kappa shape index (κ1) is 15.5. The van der Waals surface area contributed by atoms with Crippen LogP contribution in [0, 0.1) is 0 Å². The molecule has 1 heterocycles. The van der Waals surface area contributed by atoms with Gasteiger partial charge in [-0.25, -0.2) is 9.97 Å². The van der Waals surface area contributed by atoms with E-state index in [0.717, 1.165) is 25.1 Å². The molecule has 23 heavy (non-hydrogen) atoms. The average molecular weight is 310 g/mol. The number of hydrogen-bond acceptors (Lipinski definition) is 4. The molecular formula is C18H22N4O. The molecule has 120 valence electrons. The summed E-state index contributed by atoms with van der Waals surface area (Å²) in [5.74, 6) is 0.447. The van der Waals surface area contributed by atoms with Gasteiger partial charge in [0, 0.05) is 24.5 Å². The molecule has 1 aliphatic carbocycles. The van der Waals surface area contributed by atoms with Gasteiger partial charge in [-0.2, -0.15) is 0 Å². The number of benzene rings is 1. The molecule has 2 aromatic rings. The molecule has 0 saturated heterocycles. The maximum atomic E-state index is 12.4. The molecule has 3 rings (SSSR count). The highest BCUT2D eigenvalue weighted by Crippen LogP contribution is 2.21. The van der Waals surface area contributed by atoms with Crippen molar-refractivity contribution >= 4 is 17.5 Å². The normalized spacial score (nSPS) is 14.7. The fourth-order valence-corrected chi connectivity index (χ4v) is 2.98. The average Bonchev–Trinajstić information content (AvgIpc) is 3.10. The molecule has 1 amide bonds. The van der Waals surface area contributed by atoms with Gasteiger partial charge in [0.15, 0.2) is 0 Å². The second kappa shape index (κ2) is 7.22. The molecule has 1 aliphatic rings. The lowest BCUT2D eigenvalue weighted by atomic mass is 10.2. The van der Waals surface area contributed by atoms with Crippen molar-refractivity contribution in [2.45, 2.75) is 38.6 Å². The number of aromatic nitrogens is 2. The summed E-state index contributed by atoms with van der Waals surface area (Å²) in [4.78, 5) is 23.2. The lowest BCUT2D eigenvalue weighted by molar-refractivity contribution is 0.0932. The smallest absolute Gasteiger partial charge is 0.270 e. The van der Waals surface area contributed by atoms with Gasteiger partial charge in [-0.3, -0.25) is 4.79 Å². The maximum absolute atomic E-state index is 12.4. The van der Waals surface area contributed by atoms with Gasteiger partial charge in [0.05, 0.1) is 0 Å². The summed E-state index contributed by atoms with van der Waals surface area (Å²) in [6.45, 7) is 2.78. The van der Waals surface area contributed by atoms with Crippen molar-refractivity contribution in [3.63, 3.8) is 0 Å². The number of para-hydroxylation sites is 1. The van der Waals surface area contributed by atoms with E-state index >= 15 is 0 Å². The van der Waals surface area contributed by atoms with Crippen molar-refractivity contribution in [3.8, 4) is 0 Å². The summed E-state index contributed by atoms with van der Waals surface area (Å²) in [5, 5.41) is 3.07. The highest BCUT2D eigenvalue weighted by Gasteiger charge is 2.19. The standard InChI is InChI=1S/C18H22N4O/c1-2-22(15-10-4-3-5-11-15)18-19-13-12-16(21-18)17(23)20-14-8-6-7-9-14/h3-5,10-14H,2,6-9H2,1H3,(H,20,23). The van der Waals surface area contributed by atoms with E-state index in [2.05, 4.69) is 15.3 Å². The monoisotopic (exact) mass is 310 g/mol. The summed E-state index contributed by atoms with van der Waals surface area (Å²) in [5.41, 5.74) is 1.44. The van der Waals surface area contributed by atoms with Gasteiger partial charge in [0.25, 0.3) is 5.91 Å². The summed E-state index contributed by atoms with van der Waals surface area (Å²) >= 11 is 0. The Morgan fingerprint density at radius 3 is 2.65 bits per heavy atom. The summed E-state index contributed by atoms with van der Waals surface area (Å²) in [6, 6.07) is 11.9. The minimum Gasteiger partial charge on any atom is -0.348 e. The van der Waals surface area contributed by atoms with Crippen LogP contribution in [0.5, 0.6) is 0 Å². The number of rotatable bonds is 5. The molecule has 1 fully saturated rings. The van der Waals surface area contributed by atoms with E-state index in [9.17, 15) is 4.79 Å². The molecule has 5 heteroatoms. The molecule has 1 saturated carbocycles. The molecule has 0 atom stereocenters. The van der Waals surface area contributed by atoms with Crippen LogP contribution in [0.15, 0.2) is 42.6 Å². The van der Waals surface area contributed by atoms with Crippen molar-refractivity contribution in [1.29, 1.82) is 0 Å². The third-order valence-corrected chi connectivity index (χ3v) is 4.19. The fraction of sp³-hybridized carbons (Fsp3) is 0.389. The molecular weight excluding hydrogens is 288 g/mol. The molecule has 0 radical (unpaired) electrons. The first-order valence-electron chi connectivity index (χ1n) is 8.24. The number of carbonyl (C=O) groups excluding carboxylic acids is 1. The molecule has 0 unspecified atom stereocenters. The predicted octanol–water partition coefficient (Wildman–Crippen LogP) is 3.31. The fourth-order valence-electron chi connectivity index (χ4n) is 2.98. The van der Waals surface area contributed by atoms with Gasteiger partial charge in [-0.1, -0.05) is 31.0 Å². The topological polar surface area (TPSA) is 58.1 Å². The zero-order valence-corrected chi connectivity index (χ0v) is 13.4. The number of nitrogens with zero attached hydrogens (tertiary/aromatic N) is 3. The second-order valence-corrected chi connectivity index (χ2v) is 5.78. The third kappa shape index (κ3) is 3.67. The van der Waals surface area contributed by atoms with Crippen LogP contribution < -0.4 is 10.2 Å². The van der Waals surface area contributed by atoms with Gasteiger partial charge in [-0.05, 0) is 38.0 Å². The maximum Gasteiger partial charge on any atom is 0.270 e. The zero-order chi connectivity index (χ0) is 16.1. The number of carbonyl (C=O) groups is 1. The van der Waals surface area contributed by atoms with Gasteiger partial charge in [0.2, 0.25) is 5.95 Å². The number of hydrogen-bond donors (Lipinski definition) is 1. The van der Waals surface area contributed by atoms with Gasteiger partial charge < -0.3 is 10.2 Å². The highest BCUT2D eigenvalue weighted by atomic mass is 16.1. The lowest BCUT2D eigenvalue weighted by Gasteiger charge is -2.21. The van der Waals surface area contributed by atoms with Gasteiger partial charge in [0.1, 0.15) is 5.69 Å². The van der Waals surface area contributed by atoms with E-state index in [1.54, 1.807) is 12.3 Å². The lowest BCUT2D eigenvalue weighted by Crippen LogP contribution is -2.33. The summed E-state index contributed by atoms with van der Waals surface area (Å²) in [7, 11) is 0. The minimum absolute atomic E-state index is 0.107. The molecule has 1 N–H and O–H groups in total. The summed E-state index contributed by atoms with van der Waals surface area (Å²) in [6.07, 6.45) is 6.16. The molecule has 5 nitrogen and oxygen atoms in total. The predicted molar refractivity (Wildman–Crippen MR) is 90.9 cm³/mol. The quantitative estimate of drug-likeness (QED) is 0.920. The number of anilines is 2. The van der Waals surface area contributed by atoms with Crippen LogP contribution in [0.25, 0.3) is 0 Å². The zero-order valence-electron chi connectivity index (χ0n) is 13.4. The molecule has 0 bridgehead atoms. The Morgan fingerprint density at radius 1 is 1.22 bits per heavy atom. The molecule has 0 aliphatic heterocycles. The first-order chi connectivity index (χ1) is 11.3. The van der Waals surface area contributed by atoms with Gasteiger partial charge in [-0.15, -0.1) is 0 Å². The van der Waals surface area contributed by atoms with Crippen molar-refractivity contribution in [2.24, 2.45) is 0 Å². The Bertz CT molecular complexity index is 653. The van der Waals surface area contributed by atoms with Crippen molar-refractivity contribution in [2.75, 3.05) is 11.4 Å². The largest absolute Gasteiger partial charge is 0.348 e. The van der Waals surface area contributed by atoms with E-state index in [0.29, 0.717) is 11.6 Å². The van der Waals surface area contributed by atoms with E-state index in [1.807, 2.05) is 42.2 Å². The number of nitrogens with one attached hydrogen (secondary N) is 1. The third-order valence-electron chi connectivity index (χ3n) is 4.19. The van der Waals surface area contributed by atoms with Gasteiger partial charge >= 0.3 is 0 Å². The molecule has 1 aromatic carbocycles. The van der Waals surface area contributed by atoms with E-state index in [-0.39, 0.29) is 11.9 Å². The Morgan fingerprint density at radius 2 is 1.96 bits per heavy atom. The van der Waals surface area contributed by atoms with Crippen LogP contribution in [-0.4, -0.2) is 28.5 Å². The second-order valence-electron chi connectivity index (χ2n) is 5.78. The van der Waals surface area contributed by atoms with Crippen LogP contribution in [0.4, 0.5) is 11.6 Å². The first-order valence-corrected chi connectivity index (χ1v) is 8.24. The van der Waals surface area contributed by atoms with Crippen molar-refractivity contribution in [1.82, 2.24) is 15.3 Å². The van der Waals surface area contributed by atoms with Crippen molar-refractivity contribution < 1.29 is 4.79 Å². The minimum atomic E-state index is -0.107. The van der Waals surface area contributed by atoms with Crippen LogP contribution in [0.3, 0.4) is 0 Å². The van der Waals surface area contributed by atoms with Crippen LogP contribution in [0.1, 0.15) is 43.1 Å². The SMILES string of the molecule is CCN(c1ccccc1)c1nccc(C(=O)NC2CCCC2)n1. The van der Waals surface area contributed by atoms with Crippen LogP contribution in [-0.2, 0) is 0 Å². The van der Waals surface area contributed by atoms with E-state index < -0.39 is 0 Å². The Balaban J connectivity index is 1.79. The molecule has 0 spiro atoms. The van der Waals surface area contributed by atoms with E-state index in [1.165, 1.54) is 12.8 Å². The Labute approximate surface area is 136 Å².